The second-order valence-electron chi connectivity index (χ2n) is 7.14. The third kappa shape index (κ3) is 3.63. The molecule has 2 heterocycles. The van der Waals surface area contributed by atoms with Crippen LogP contribution >= 0.6 is 0 Å². The number of fused-ring (bicyclic) bond motifs is 1. The number of ether oxygens (including phenoxy) is 2. The molecule has 168 valence electrons. The Balaban J connectivity index is 1.77. The Labute approximate surface area is 178 Å². The lowest BCUT2D eigenvalue weighted by Gasteiger charge is -2.38. The van der Waals surface area contributed by atoms with Crippen LogP contribution in [0.25, 0.3) is 22.3 Å². The van der Waals surface area contributed by atoms with Gasteiger partial charge in [0.25, 0.3) is 0 Å². The van der Waals surface area contributed by atoms with Crippen LogP contribution in [-0.4, -0.2) is 67.3 Å². The van der Waals surface area contributed by atoms with Crippen LogP contribution in [0.2, 0.25) is 0 Å². The lowest BCUT2D eigenvalue weighted by atomic mass is 9.99. The van der Waals surface area contributed by atoms with Crippen molar-refractivity contribution in [1.82, 2.24) is 0 Å². The Morgan fingerprint density at radius 1 is 0.969 bits per heavy atom. The van der Waals surface area contributed by atoms with Gasteiger partial charge >= 0.3 is 5.97 Å². The quantitative estimate of drug-likeness (QED) is 0.299. The maximum Gasteiger partial charge on any atom is 0.335 e. The van der Waals surface area contributed by atoms with Crippen molar-refractivity contribution in [3.8, 4) is 28.6 Å². The van der Waals surface area contributed by atoms with E-state index in [0.29, 0.717) is 5.56 Å². The average molecular weight is 446 g/mol. The van der Waals surface area contributed by atoms with E-state index in [4.69, 9.17) is 19.0 Å². The molecule has 0 radical (unpaired) electrons. The van der Waals surface area contributed by atoms with E-state index in [1.807, 2.05) is 0 Å². The molecule has 0 amide bonds. The van der Waals surface area contributed by atoms with Crippen molar-refractivity contribution in [2.75, 3.05) is 0 Å². The summed E-state index contributed by atoms with van der Waals surface area (Å²) >= 11 is 0. The minimum atomic E-state index is -1.94. The molecule has 11 heteroatoms. The Morgan fingerprint density at radius 3 is 2.31 bits per heavy atom. The Kier molecular flexibility index (Phi) is 5.48. The largest absolute Gasteiger partial charge is 0.507 e. The number of phenolic OH excluding ortho intramolecular Hbond substituents is 2. The fourth-order valence-electron chi connectivity index (χ4n) is 3.39. The number of benzene rings is 2. The van der Waals surface area contributed by atoms with Gasteiger partial charge in [0, 0.05) is 17.7 Å². The molecule has 0 saturated carbocycles. The van der Waals surface area contributed by atoms with Gasteiger partial charge in [0.1, 0.15) is 35.2 Å². The normalized spacial score (nSPS) is 25.5. The number of carboxylic acids is 1. The van der Waals surface area contributed by atoms with Crippen molar-refractivity contribution in [2.24, 2.45) is 0 Å². The van der Waals surface area contributed by atoms with Crippen molar-refractivity contribution >= 4 is 16.9 Å². The van der Waals surface area contributed by atoms with Crippen LogP contribution < -0.4 is 10.2 Å². The number of hydrogen-bond acceptors (Lipinski definition) is 10. The summed E-state index contributed by atoms with van der Waals surface area (Å²) in [7, 11) is 0. The highest BCUT2D eigenvalue weighted by atomic mass is 16.7. The first kappa shape index (κ1) is 21.6. The predicted molar refractivity (Wildman–Crippen MR) is 106 cm³/mol. The van der Waals surface area contributed by atoms with E-state index in [-0.39, 0.29) is 11.1 Å². The van der Waals surface area contributed by atoms with E-state index in [0.717, 1.165) is 12.1 Å². The Hall–Kier alpha value is -3.64. The van der Waals surface area contributed by atoms with Gasteiger partial charge in [-0.05, 0) is 0 Å². The highest BCUT2D eigenvalue weighted by Crippen LogP contribution is 2.41. The number of aromatic hydroxyl groups is 2. The summed E-state index contributed by atoms with van der Waals surface area (Å²) in [4.78, 5) is 23.8. The minimum absolute atomic E-state index is 0.0911. The standard InChI is InChI=1S/C21H18O11/c22-9-6-11(8-4-2-1-3-5-8)30-18-13(9)10(23)7-12(14(18)24)31-21-17(27)15(25)16(26)19(32-21)20(28)29/h1-7,15-17,19,21,23-27H,(H,28,29)/t15-,16-,17+,19-,21-/m0/s1. The van der Waals surface area contributed by atoms with Gasteiger partial charge in [-0.3, -0.25) is 4.79 Å². The molecule has 11 nitrogen and oxygen atoms in total. The summed E-state index contributed by atoms with van der Waals surface area (Å²) in [5, 5.41) is 59.5. The first-order valence-electron chi connectivity index (χ1n) is 9.36. The van der Waals surface area contributed by atoms with Gasteiger partial charge in [-0.25, -0.2) is 4.79 Å². The van der Waals surface area contributed by atoms with Crippen LogP contribution in [0, 0.1) is 0 Å². The van der Waals surface area contributed by atoms with Gasteiger partial charge in [-0.15, -0.1) is 0 Å². The number of hydrogen-bond donors (Lipinski definition) is 6. The van der Waals surface area contributed by atoms with Gasteiger partial charge in [0.2, 0.25) is 12.0 Å². The van der Waals surface area contributed by atoms with Crippen LogP contribution in [0.15, 0.2) is 51.7 Å². The topological polar surface area (TPSA) is 187 Å². The second-order valence-corrected chi connectivity index (χ2v) is 7.14. The number of carboxylic acid groups (broad SMARTS) is 1. The second kappa shape index (κ2) is 8.13. The van der Waals surface area contributed by atoms with Crippen molar-refractivity contribution < 1.29 is 49.3 Å². The smallest absolute Gasteiger partial charge is 0.335 e. The molecule has 0 unspecified atom stereocenters. The van der Waals surface area contributed by atoms with E-state index < -0.39 is 64.9 Å². The third-order valence-electron chi connectivity index (χ3n) is 5.03. The molecule has 5 atom stereocenters. The molecule has 0 spiro atoms. The van der Waals surface area contributed by atoms with Crippen LogP contribution in [0.4, 0.5) is 0 Å². The first-order chi connectivity index (χ1) is 15.2. The van der Waals surface area contributed by atoms with Crippen LogP contribution in [0.5, 0.6) is 17.2 Å². The van der Waals surface area contributed by atoms with Crippen LogP contribution in [-0.2, 0) is 9.53 Å². The summed E-state index contributed by atoms with van der Waals surface area (Å²) in [6.07, 6.45) is -9.56. The summed E-state index contributed by atoms with van der Waals surface area (Å²) in [6.45, 7) is 0. The maximum absolute atomic E-state index is 12.5. The van der Waals surface area contributed by atoms with Crippen LogP contribution in [0.3, 0.4) is 0 Å². The molecule has 1 aliphatic heterocycles. The lowest BCUT2D eigenvalue weighted by Crippen LogP contribution is -2.61. The van der Waals surface area contributed by atoms with Crippen LogP contribution in [0.1, 0.15) is 0 Å². The zero-order valence-electron chi connectivity index (χ0n) is 16.2. The highest BCUT2D eigenvalue weighted by molar-refractivity contribution is 5.91. The molecule has 1 aliphatic rings. The van der Waals surface area contributed by atoms with Crippen molar-refractivity contribution in [3.05, 3.63) is 52.7 Å². The van der Waals surface area contributed by atoms with E-state index in [9.17, 15) is 35.1 Å². The zero-order valence-corrected chi connectivity index (χ0v) is 16.2. The average Bonchev–Trinajstić information content (AvgIpc) is 2.77. The van der Waals surface area contributed by atoms with Crippen molar-refractivity contribution in [2.45, 2.75) is 30.7 Å². The molecular weight excluding hydrogens is 428 g/mol. The molecule has 32 heavy (non-hydrogen) atoms. The summed E-state index contributed by atoms with van der Waals surface area (Å²) in [5.41, 5.74) is -0.556. The fourth-order valence-corrected chi connectivity index (χ4v) is 3.39. The van der Waals surface area contributed by atoms with Crippen molar-refractivity contribution in [1.29, 1.82) is 0 Å². The molecule has 6 N–H and O–H groups in total. The van der Waals surface area contributed by atoms with Gasteiger partial charge in [0.15, 0.2) is 22.9 Å². The fraction of sp³-hybridized carbons (Fsp3) is 0.238. The van der Waals surface area contributed by atoms with E-state index in [1.165, 1.54) is 0 Å². The number of aliphatic hydroxyl groups excluding tert-OH is 3. The number of phenols is 2. The Morgan fingerprint density at radius 2 is 1.66 bits per heavy atom. The van der Waals surface area contributed by atoms with Gasteiger partial charge in [-0.2, -0.15) is 0 Å². The van der Waals surface area contributed by atoms with E-state index >= 15 is 0 Å². The lowest BCUT2D eigenvalue weighted by molar-refractivity contribution is -0.271. The third-order valence-corrected chi connectivity index (χ3v) is 5.03. The maximum atomic E-state index is 12.5. The number of aliphatic carboxylic acids is 1. The molecule has 2 aromatic carbocycles. The molecule has 0 bridgehead atoms. The monoisotopic (exact) mass is 446 g/mol. The summed E-state index contributed by atoms with van der Waals surface area (Å²) < 4.78 is 15.9. The molecular formula is C21H18O11. The molecule has 1 saturated heterocycles. The van der Waals surface area contributed by atoms with E-state index in [2.05, 4.69) is 0 Å². The molecule has 1 fully saturated rings. The molecule has 4 rings (SSSR count). The summed E-state index contributed by atoms with van der Waals surface area (Å²) in [5.74, 6) is -3.42. The first-order valence-corrected chi connectivity index (χ1v) is 9.36. The molecule has 0 aliphatic carbocycles. The van der Waals surface area contributed by atoms with Gasteiger partial charge in [-0.1, -0.05) is 30.3 Å². The van der Waals surface area contributed by atoms with Crippen molar-refractivity contribution in [3.63, 3.8) is 0 Å². The minimum Gasteiger partial charge on any atom is -0.507 e. The SMILES string of the molecule is O=C(O)[C@H]1O[C@H](Oc2cc(O)c3c(=O)cc(-c4ccccc4)oc3c2O)[C@H](O)[C@@H](O)[C@@H]1O. The number of carbonyl (C=O) groups is 1. The molecule has 3 aromatic rings. The number of rotatable bonds is 4. The summed E-state index contributed by atoms with van der Waals surface area (Å²) in [6, 6.07) is 10.5. The van der Waals surface area contributed by atoms with Gasteiger partial charge in [0.05, 0.1) is 0 Å². The Bertz CT molecular complexity index is 1220. The van der Waals surface area contributed by atoms with E-state index in [1.54, 1.807) is 30.3 Å². The predicted octanol–water partition coefficient (Wildman–Crippen LogP) is 0.142. The van der Waals surface area contributed by atoms with Gasteiger partial charge < -0.3 is 44.5 Å². The highest BCUT2D eigenvalue weighted by Gasteiger charge is 2.48. The number of aliphatic hydroxyl groups is 3. The molecule has 1 aromatic heterocycles. The zero-order chi connectivity index (χ0) is 23.2.